The van der Waals surface area contributed by atoms with E-state index in [0.717, 1.165) is 49.4 Å². The molecule has 0 aromatic heterocycles. The molecule has 8 atom stereocenters. The van der Waals surface area contributed by atoms with Gasteiger partial charge in [0.2, 0.25) is 0 Å². The van der Waals surface area contributed by atoms with Gasteiger partial charge in [-0.1, -0.05) is 45.3 Å². The summed E-state index contributed by atoms with van der Waals surface area (Å²) in [6.45, 7) is 12.9. The predicted molar refractivity (Wildman–Crippen MR) is 130 cm³/mol. The molecule has 4 aliphatic rings. The second-order valence-corrected chi connectivity index (χ2v) is 13.4. The van der Waals surface area contributed by atoms with Crippen molar-refractivity contribution in [3.05, 3.63) is 11.6 Å². The van der Waals surface area contributed by atoms with Crippen LogP contribution >= 0.6 is 0 Å². The van der Waals surface area contributed by atoms with Crippen LogP contribution in [0.25, 0.3) is 0 Å². The monoisotopic (exact) mass is 444 g/mol. The normalized spacial score (nSPS) is 44.8. The van der Waals surface area contributed by atoms with Crippen LogP contribution in [0.1, 0.15) is 112 Å². The molecule has 1 unspecified atom stereocenters. The van der Waals surface area contributed by atoms with Crippen molar-refractivity contribution in [3.8, 4) is 0 Å². The van der Waals surface area contributed by atoms with E-state index in [-0.39, 0.29) is 11.2 Å². The van der Waals surface area contributed by atoms with E-state index in [0.29, 0.717) is 24.2 Å². The summed E-state index contributed by atoms with van der Waals surface area (Å²) in [6.07, 6.45) is 14.4. The molecule has 182 valence electrons. The number of Topliss-reactive ketones (excluding diaryl/α,β-unsaturated/α-hetero) is 1. The maximum absolute atomic E-state index is 12.1. The summed E-state index contributed by atoms with van der Waals surface area (Å²) in [5, 5.41) is 21.0. The van der Waals surface area contributed by atoms with E-state index in [4.69, 9.17) is 0 Å². The first-order valence-corrected chi connectivity index (χ1v) is 13.5. The Morgan fingerprint density at radius 2 is 1.88 bits per heavy atom. The van der Waals surface area contributed by atoms with E-state index in [1.807, 2.05) is 13.8 Å². The summed E-state index contributed by atoms with van der Waals surface area (Å²) in [6, 6.07) is 0. The highest BCUT2D eigenvalue weighted by molar-refractivity contribution is 5.85. The van der Waals surface area contributed by atoms with E-state index < -0.39 is 11.2 Å². The van der Waals surface area contributed by atoms with Crippen LogP contribution < -0.4 is 0 Å². The van der Waals surface area contributed by atoms with Crippen molar-refractivity contribution in [3.63, 3.8) is 0 Å². The molecule has 3 nitrogen and oxygen atoms in total. The number of carbonyl (C=O) groups is 1. The Balaban J connectivity index is 1.49. The Labute approximate surface area is 196 Å². The van der Waals surface area contributed by atoms with E-state index >= 15 is 0 Å². The van der Waals surface area contributed by atoms with Gasteiger partial charge in [0.15, 0.2) is 5.78 Å². The number of fused-ring (bicyclic) bond motifs is 5. The summed E-state index contributed by atoms with van der Waals surface area (Å²) in [5.74, 6) is 3.76. The first-order valence-electron chi connectivity index (χ1n) is 13.5. The molecule has 3 saturated carbocycles. The first-order chi connectivity index (χ1) is 14.8. The lowest BCUT2D eigenvalue weighted by Gasteiger charge is -2.59. The quantitative estimate of drug-likeness (QED) is 0.462. The van der Waals surface area contributed by atoms with E-state index in [9.17, 15) is 15.0 Å². The lowest BCUT2D eigenvalue weighted by Crippen LogP contribution is -2.53. The lowest BCUT2D eigenvalue weighted by atomic mass is 9.46. The van der Waals surface area contributed by atoms with Gasteiger partial charge in [-0.15, -0.1) is 0 Å². The van der Waals surface area contributed by atoms with E-state index in [1.165, 1.54) is 37.7 Å². The maximum atomic E-state index is 12.1. The summed E-state index contributed by atoms with van der Waals surface area (Å²) in [4.78, 5) is 12.1. The molecule has 2 N–H and O–H groups in total. The smallest absolute Gasteiger partial charge is 0.161 e. The van der Waals surface area contributed by atoms with E-state index in [1.54, 1.807) is 6.92 Å². The lowest BCUT2D eigenvalue weighted by molar-refractivity contribution is -0.140. The zero-order chi connectivity index (χ0) is 23.5. The van der Waals surface area contributed by atoms with Crippen molar-refractivity contribution in [1.82, 2.24) is 0 Å². The summed E-state index contributed by atoms with van der Waals surface area (Å²) < 4.78 is 0. The molecule has 0 saturated heterocycles. The summed E-state index contributed by atoms with van der Waals surface area (Å²) >= 11 is 0. The van der Waals surface area contributed by atoms with E-state index in [2.05, 4.69) is 26.8 Å². The van der Waals surface area contributed by atoms with Crippen LogP contribution in [0.3, 0.4) is 0 Å². The summed E-state index contributed by atoms with van der Waals surface area (Å²) in [7, 11) is 0. The molecule has 0 aromatic rings. The van der Waals surface area contributed by atoms with Gasteiger partial charge in [0.05, 0.1) is 5.60 Å². The second-order valence-electron chi connectivity index (χ2n) is 13.4. The molecule has 0 aromatic carbocycles. The van der Waals surface area contributed by atoms with Gasteiger partial charge in [0.25, 0.3) is 0 Å². The number of ketones is 1. The SMILES string of the molecule is CC(=O)[C@]1(O)CC[C@@]2(C)C(=CC[C@H]3[C@@H]4CC[C@H](C(C)CCCC(C)(C)O)[C@@]4(C)CC[C@@H]32)C1. The highest BCUT2D eigenvalue weighted by atomic mass is 16.3. The molecule has 0 heterocycles. The number of hydrogen-bond acceptors (Lipinski definition) is 3. The number of rotatable bonds is 6. The Hall–Kier alpha value is -0.670. The number of hydrogen-bond donors (Lipinski definition) is 2. The Morgan fingerprint density at radius 3 is 2.53 bits per heavy atom. The van der Waals surface area contributed by atoms with Crippen molar-refractivity contribution in [2.45, 2.75) is 123 Å². The molecule has 32 heavy (non-hydrogen) atoms. The largest absolute Gasteiger partial charge is 0.390 e. The zero-order valence-electron chi connectivity index (χ0n) is 21.5. The summed E-state index contributed by atoms with van der Waals surface area (Å²) in [5.41, 5.74) is 0.323. The van der Waals surface area contributed by atoms with Crippen molar-refractivity contribution < 1.29 is 15.0 Å². The van der Waals surface area contributed by atoms with Crippen LogP contribution in [-0.2, 0) is 4.79 Å². The van der Waals surface area contributed by atoms with Gasteiger partial charge in [-0.05, 0) is 113 Å². The van der Waals surface area contributed by atoms with Crippen molar-refractivity contribution in [2.24, 2.45) is 40.4 Å². The van der Waals surface area contributed by atoms with Gasteiger partial charge in [0, 0.05) is 6.42 Å². The third-order valence-electron chi connectivity index (χ3n) is 11.0. The first kappa shape index (κ1) is 24.5. The second kappa shape index (κ2) is 8.22. The van der Waals surface area contributed by atoms with Crippen LogP contribution in [0.4, 0.5) is 0 Å². The Morgan fingerprint density at radius 1 is 1.16 bits per heavy atom. The molecule has 4 aliphatic carbocycles. The minimum Gasteiger partial charge on any atom is -0.390 e. The molecule has 0 radical (unpaired) electrons. The average Bonchev–Trinajstić information content (AvgIpc) is 3.05. The molecule has 0 spiro atoms. The highest BCUT2D eigenvalue weighted by Crippen LogP contribution is 2.67. The molecule has 0 amide bonds. The molecule has 0 bridgehead atoms. The fourth-order valence-electron chi connectivity index (χ4n) is 8.98. The maximum Gasteiger partial charge on any atom is 0.161 e. The number of allylic oxidation sites excluding steroid dienone is 1. The topological polar surface area (TPSA) is 57.5 Å². The van der Waals surface area contributed by atoms with Gasteiger partial charge < -0.3 is 10.2 Å². The van der Waals surface area contributed by atoms with Gasteiger partial charge >= 0.3 is 0 Å². The molecule has 3 fully saturated rings. The van der Waals surface area contributed by atoms with Gasteiger partial charge in [-0.2, -0.15) is 0 Å². The van der Waals surface area contributed by atoms with Gasteiger partial charge in [0.1, 0.15) is 5.60 Å². The van der Waals surface area contributed by atoms with Crippen LogP contribution in [-0.4, -0.2) is 27.2 Å². The molecule has 4 rings (SSSR count). The van der Waals surface area contributed by atoms with Gasteiger partial charge in [-0.25, -0.2) is 0 Å². The fourth-order valence-corrected chi connectivity index (χ4v) is 8.98. The molecular formula is C29H48O3. The average molecular weight is 445 g/mol. The predicted octanol–water partition coefficient (Wildman–Crippen LogP) is 6.46. The Bertz CT molecular complexity index is 763. The Kier molecular flexibility index (Phi) is 6.28. The molecular weight excluding hydrogens is 396 g/mol. The molecule has 3 heteroatoms. The van der Waals surface area contributed by atoms with Crippen molar-refractivity contribution in [1.29, 1.82) is 0 Å². The van der Waals surface area contributed by atoms with Crippen molar-refractivity contribution in [2.75, 3.05) is 0 Å². The third kappa shape index (κ3) is 4.04. The van der Waals surface area contributed by atoms with Crippen LogP contribution in [0, 0.1) is 40.4 Å². The number of aliphatic hydroxyl groups is 2. The minimum atomic E-state index is -1.13. The minimum absolute atomic E-state index is 0.0593. The molecule has 0 aliphatic heterocycles. The fraction of sp³-hybridized carbons (Fsp3) is 0.897. The van der Waals surface area contributed by atoms with Crippen LogP contribution in [0.2, 0.25) is 0 Å². The van der Waals surface area contributed by atoms with Crippen LogP contribution in [0.5, 0.6) is 0 Å². The van der Waals surface area contributed by atoms with Gasteiger partial charge in [-0.3, -0.25) is 4.79 Å². The highest BCUT2D eigenvalue weighted by Gasteiger charge is 2.60. The van der Waals surface area contributed by atoms with Crippen molar-refractivity contribution >= 4 is 5.78 Å². The third-order valence-corrected chi connectivity index (χ3v) is 11.0. The zero-order valence-corrected chi connectivity index (χ0v) is 21.5. The van der Waals surface area contributed by atoms with Crippen LogP contribution in [0.15, 0.2) is 11.6 Å². The number of carbonyl (C=O) groups excluding carboxylic acids is 1. The standard InChI is InChI=1S/C29H48O3/c1-19(8-7-14-26(3,4)31)23-11-12-24-22-10-9-21-18-29(32,20(2)30)17-16-27(21,5)25(22)13-15-28(23,24)6/h9,19,22-25,31-32H,7-8,10-18H2,1-6H3/t19?,22-,23+,24-,25-,27-,28+,29-/m0/s1.